The van der Waals surface area contributed by atoms with Crippen LogP contribution in [0.3, 0.4) is 0 Å². The molecule has 0 saturated heterocycles. The highest BCUT2D eigenvalue weighted by Crippen LogP contribution is 2.16. The maximum atomic E-state index is 11.4. The molecular formula is C13H19NO3. The minimum absolute atomic E-state index is 0.170. The zero-order valence-corrected chi connectivity index (χ0v) is 10.4. The number of carbonyl (C=O) groups excluding carboxylic acids is 1. The number of carbonyl (C=O) groups is 1. The summed E-state index contributed by atoms with van der Waals surface area (Å²) in [6.07, 6.45) is -1.42. The molecule has 0 aliphatic heterocycles. The van der Waals surface area contributed by atoms with Gasteiger partial charge in [-0.05, 0) is 26.3 Å². The number of benzene rings is 1. The van der Waals surface area contributed by atoms with Crippen LogP contribution in [0.5, 0.6) is 0 Å². The second-order valence-electron chi connectivity index (χ2n) is 4.24. The molecule has 1 aromatic rings. The van der Waals surface area contributed by atoms with Crippen LogP contribution in [-0.2, 0) is 4.74 Å². The molecule has 0 radical (unpaired) electrons. The van der Waals surface area contributed by atoms with Crippen LogP contribution in [0.4, 0.5) is 4.79 Å². The Hall–Kier alpha value is -1.55. The van der Waals surface area contributed by atoms with E-state index < -0.39 is 18.2 Å². The van der Waals surface area contributed by atoms with Gasteiger partial charge < -0.3 is 15.2 Å². The first kappa shape index (κ1) is 13.5. The molecule has 1 amide bonds. The van der Waals surface area contributed by atoms with E-state index in [1.165, 1.54) is 0 Å². The van der Waals surface area contributed by atoms with Gasteiger partial charge in [0, 0.05) is 0 Å². The molecule has 2 unspecified atom stereocenters. The van der Waals surface area contributed by atoms with Crippen molar-refractivity contribution in [2.45, 2.75) is 39.0 Å². The Morgan fingerprint density at radius 1 is 1.24 bits per heavy atom. The van der Waals surface area contributed by atoms with Gasteiger partial charge in [0.05, 0.1) is 18.2 Å². The Labute approximate surface area is 102 Å². The van der Waals surface area contributed by atoms with Crippen LogP contribution in [-0.4, -0.2) is 23.3 Å². The lowest BCUT2D eigenvalue weighted by molar-refractivity contribution is 0.0926. The van der Waals surface area contributed by atoms with Crippen molar-refractivity contribution in [2.24, 2.45) is 0 Å². The fraction of sp³-hybridized carbons (Fsp3) is 0.462. The molecule has 17 heavy (non-hydrogen) atoms. The monoisotopic (exact) mass is 237 g/mol. The molecule has 1 aromatic carbocycles. The van der Waals surface area contributed by atoms with Crippen molar-refractivity contribution in [1.82, 2.24) is 5.32 Å². The number of ether oxygens (including phenoxy) is 1. The normalized spacial score (nSPS) is 14.2. The van der Waals surface area contributed by atoms with E-state index in [4.69, 9.17) is 4.74 Å². The Balaban J connectivity index is 2.53. The first-order chi connectivity index (χ1) is 8.00. The lowest BCUT2D eigenvalue weighted by Crippen LogP contribution is -2.38. The van der Waals surface area contributed by atoms with E-state index in [9.17, 15) is 9.90 Å². The molecule has 0 aliphatic rings. The molecule has 0 aromatic heterocycles. The molecule has 2 N–H and O–H groups in total. The number of nitrogens with one attached hydrogen (secondary N) is 1. The molecule has 1 rings (SSSR count). The van der Waals surface area contributed by atoms with Crippen molar-refractivity contribution in [1.29, 1.82) is 0 Å². The smallest absolute Gasteiger partial charge is 0.407 e. The molecule has 0 fully saturated rings. The fourth-order valence-electron chi connectivity index (χ4n) is 1.45. The van der Waals surface area contributed by atoms with Crippen molar-refractivity contribution in [3.63, 3.8) is 0 Å². The molecule has 94 valence electrons. The number of aliphatic hydroxyl groups excluding tert-OH is 1. The maximum absolute atomic E-state index is 11.4. The van der Waals surface area contributed by atoms with Gasteiger partial charge in [0.25, 0.3) is 0 Å². The van der Waals surface area contributed by atoms with Crippen molar-refractivity contribution in [3.05, 3.63) is 35.9 Å². The molecule has 0 saturated carbocycles. The summed E-state index contributed by atoms with van der Waals surface area (Å²) in [6.45, 7) is 5.29. The molecule has 0 heterocycles. The van der Waals surface area contributed by atoms with Gasteiger partial charge in [-0.1, -0.05) is 30.3 Å². The van der Waals surface area contributed by atoms with Crippen molar-refractivity contribution in [2.75, 3.05) is 0 Å². The third-order valence-electron chi connectivity index (χ3n) is 2.30. The highest BCUT2D eigenvalue weighted by molar-refractivity contribution is 5.67. The lowest BCUT2D eigenvalue weighted by atomic mass is 10.0. The lowest BCUT2D eigenvalue weighted by Gasteiger charge is -2.21. The minimum Gasteiger partial charge on any atom is -0.447 e. The van der Waals surface area contributed by atoms with Gasteiger partial charge in [-0.3, -0.25) is 0 Å². The first-order valence-electron chi connectivity index (χ1n) is 5.71. The van der Waals surface area contributed by atoms with Gasteiger partial charge in [0.2, 0.25) is 0 Å². The Morgan fingerprint density at radius 3 is 2.35 bits per heavy atom. The second-order valence-corrected chi connectivity index (χ2v) is 4.24. The molecular weight excluding hydrogens is 218 g/mol. The average molecular weight is 237 g/mol. The van der Waals surface area contributed by atoms with E-state index >= 15 is 0 Å². The molecule has 0 spiro atoms. The molecule has 0 aliphatic carbocycles. The van der Waals surface area contributed by atoms with Gasteiger partial charge in [-0.25, -0.2) is 4.79 Å². The van der Waals surface area contributed by atoms with Crippen LogP contribution in [0.15, 0.2) is 30.3 Å². The Bertz CT molecular complexity index is 351. The van der Waals surface area contributed by atoms with E-state index in [0.717, 1.165) is 5.56 Å². The largest absolute Gasteiger partial charge is 0.447 e. The van der Waals surface area contributed by atoms with Gasteiger partial charge in [-0.2, -0.15) is 0 Å². The van der Waals surface area contributed by atoms with Crippen LogP contribution in [0, 0.1) is 0 Å². The number of amides is 1. The molecule has 4 heteroatoms. The zero-order chi connectivity index (χ0) is 12.8. The number of hydrogen-bond donors (Lipinski definition) is 2. The molecule has 4 nitrogen and oxygen atoms in total. The summed E-state index contributed by atoms with van der Waals surface area (Å²) < 4.78 is 4.95. The zero-order valence-electron chi connectivity index (χ0n) is 10.4. The summed E-state index contributed by atoms with van der Waals surface area (Å²) in [4.78, 5) is 11.4. The fourth-order valence-corrected chi connectivity index (χ4v) is 1.45. The Kier molecular flexibility index (Phi) is 4.97. The number of aliphatic hydroxyl groups is 1. The van der Waals surface area contributed by atoms with E-state index in [-0.39, 0.29) is 6.10 Å². The van der Waals surface area contributed by atoms with Crippen molar-refractivity contribution >= 4 is 6.09 Å². The first-order valence-corrected chi connectivity index (χ1v) is 5.71. The minimum atomic E-state index is -0.740. The van der Waals surface area contributed by atoms with Crippen molar-refractivity contribution in [3.8, 4) is 0 Å². The predicted molar refractivity (Wildman–Crippen MR) is 65.6 cm³/mol. The van der Waals surface area contributed by atoms with Crippen LogP contribution >= 0.6 is 0 Å². The van der Waals surface area contributed by atoms with Crippen LogP contribution in [0.1, 0.15) is 32.4 Å². The highest BCUT2D eigenvalue weighted by Gasteiger charge is 2.19. The summed E-state index contributed by atoms with van der Waals surface area (Å²) in [7, 11) is 0. The number of hydrogen-bond acceptors (Lipinski definition) is 3. The third kappa shape index (κ3) is 4.44. The van der Waals surface area contributed by atoms with Gasteiger partial charge >= 0.3 is 6.09 Å². The third-order valence-corrected chi connectivity index (χ3v) is 2.30. The van der Waals surface area contributed by atoms with Gasteiger partial charge in [0.1, 0.15) is 0 Å². The van der Waals surface area contributed by atoms with Crippen LogP contribution in [0.2, 0.25) is 0 Å². The quantitative estimate of drug-likeness (QED) is 0.844. The number of rotatable bonds is 4. The summed E-state index contributed by atoms with van der Waals surface area (Å²) in [5, 5.41) is 12.6. The molecule has 0 bridgehead atoms. The number of alkyl carbamates (subject to hydrolysis) is 1. The van der Waals surface area contributed by atoms with E-state index in [0.29, 0.717) is 0 Å². The summed E-state index contributed by atoms with van der Waals surface area (Å²) in [6, 6.07) is 8.80. The second kappa shape index (κ2) is 6.25. The molecule has 2 atom stereocenters. The topological polar surface area (TPSA) is 58.6 Å². The highest BCUT2D eigenvalue weighted by atomic mass is 16.6. The van der Waals surface area contributed by atoms with E-state index in [1.54, 1.807) is 20.8 Å². The Morgan fingerprint density at radius 2 is 1.82 bits per heavy atom. The van der Waals surface area contributed by atoms with Crippen LogP contribution in [0.25, 0.3) is 0 Å². The maximum Gasteiger partial charge on any atom is 0.407 e. The standard InChI is InChI=1S/C13H19NO3/c1-9(2)17-13(16)14-10(3)12(15)11-7-5-4-6-8-11/h4-10,12,15H,1-3H3,(H,14,16). The SMILES string of the molecule is CC(C)OC(=O)NC(C)C(O)c1ccccc1. The summed E-state index contributed by atoms with van der Waals surface area (Å²) >= 11 is 0. The van der Waals surface area contributed by atoms with Crippen molar-refractivity contribution < 1.29 is 14.6 Å². The summed E-state index contributed by atoms with van der Waals surface area (Å²) in [5.41, 5.74) is 0.768. The predicted octanol–water partition coefficient (Wildman–Crippen LogP) is 2.24. The van der Waals surface area contributed by atoms with Crippen LogP contribution < -0.4 is 5.32 Å². The van der Waals surface area contributed by atoms with Gasteiger partial charge in [0.15, 0.2) is 0 Å². The van der Waals surface area contributed by atoms with Gasteiger partial charge in [-0.15, -0.1) is 0 Å². The van der Waals surface area contributed by atoms with E-state index in [2.05, 4.69) is 5.32 Å². The summed E-state index contributed by atoms with van der Waals surface area (Å²) in [5.74, 6) is 0. The van der Waals surface area contributed by atoms with E-state index in [1.807, 2.05) is 30.3 Å². The average Bonchev–Trinajstić information content (AvgIpc) is 2.28.